The van der Waals surface area contributed by atoms with Gasteiger partial charge in [0.25, 0.3) is 11.6 Å². The van der Waals surface area contributed by atoms with Crippen LogP contribution in [0, 0.1) is 15.9 Å². The molecular weight excluding hydrogens is 393 g/mol. The molecule has 0 bridgehead atoms. The number of nitrogens with zero attached hydrogens (tertiary/aromatic N) is 2. The molecule has 1 N–H and O–H groups in total. The fraction of sp³-hybridized carbons (Fsp3) is 0.111. The topological polar surface area (TPSA) is 85.1 Å². The first-order chi connectivity index (χ1) is 12.9. The third-order valence-corrected chi connectivity index (χ3v) is 4.87. The minimum absolute atomic E-state index is 0.0915. The zero-order chi connectivity index (χ0) is 19.4. The van der Waals surface area contributed by atoms with Crippen molar-refractivity contribution in [3.63, 3.8) is 0 Å². The Labute approximate surface area is 162 Å². The molecule has 0 spiro atoms. The Hall–Kier alpha value is -2.84. The van der Waals surface area contributed by atoms with Gasteiger partial charge in [0, 0.05) is 35.0 Å². The molecule has 3 aromatic rings. The number of hydrogen-bond acceptors (Lipinski definition) is 5. The maximum absolute atomic E-state index is 13.3. The lowest BCUT2D eigenvalue weighted by molar-refractivity contribution is -0.385. The summed E-state index contributed by atoms with van der Waals surface area (Å²) in [7, 11) is 0. The summed E-state index contributed by atoms with van der Waals surface area (Å²) >= 11 is 7.21. The number of aromatic nitrogens is 1. The Morgan fingerprint density at radius 1 is 1.30 bits per heavy atom. The zero-order valence-corrected chi connectivity index (χ0v) is 15.4. The Kier molecular flexibility index (Phi) is 5.78. The summed E-state index contributed by atoms with van der Waals surface area (Å²) in [6, 6.07) is 9.98. The highest BCUT2D eigenvalue weighted by atomic mass is 35.5. The Bertz CT molecular complexity index is 1010. The number of benzene rings is 2. The van der Waals surface area contributed by atoms with Crippen molar-refractivity contribution in [1.82, 2.24) is 10.3 Å². The number of rotatable bonds is 6. The number of nitrogens with one attached hydrogen (secondary N) is 1. The SMILES string of the molecule is O=C(NCCc1csc(-c2cccc(F)c2)n1)c1cc(Cl)ccc1[N+](=O)[O-]. The average molecular weight is 406 g/mol. The van der Waals surface area contributed by atoms with E-state index in [2.05, 4.69) is 10.3 Å². The Balaban J connectivity index is 1.63. The van der Waals surface area contributed by atoms with E-state index in [0.29, 0.717) is 17.0 Å². The average Bonchev–Trinajstić information content (AvgIpc) is 3.10. The zero-order valence-electron chi connectivity index (χ0n) is 13.8. The third-order valence-electron chi connectivity index (χ3n) is 3.69. The van der Waals surface area contributed by atoms with Gasteiger partial charge in [0.1, 0.15) is 16.4 Å². The molecule has 6 nitrogen and oxygen atoms in total. The number of nitro groups is 1. The highest BCUT2D eigenvalue weighted by Gasteiger charge is 2.20. The second kappa shape index (κ2) is 8.24. The molecule has 9 heteroatoms. The van der Waals surface area contributed by atoms with E-state index in [1.54, 1.807) is 12.1 Å². The van der Waals surface area contributed by atoms with E-state index in [1.807, 2.05) is 5.38 Å². The van der Waals surface area contributed by atoms with Crippen molar-refractivity contribution < 1.29 is 14.1 Å². The maximum atomic E-state index is 13.3. The summed E-state index contributed by atoms with van der Waals surface area (Å²) in [5.41, 5.74) is 1.02. The number of carbonyl (C=O) groups is 1. The number of thiazole rings is 1. The van der Waals surface area contributed by atoms with Crippen LogP contribution in [-0.4, -0.2) is 22.4 Å². The van der Waals surface area contributed by atoms with Crippen LogP contribution in [0.5, 0.6) is 0 Å². The molecule has 0 fully saturated rings. The summed E-state index contributed by atoms with van der Waals surface area (Å²) in [6.45, 7) is 0.245. The van der Waals surface area contributed by atoms with Crippen molar-refractivity contribution >= 4 is 34.5 Å². The summed E-state index contributed by atoms with van der Waals surface area (Å²) < 4.78 is 13.3. The summed E-state index contributed by atoms with van der Waals surface area (Å²) in [6.07, 6.45) is 0.436. The Morgan fingerprint density at radius 2 is 2.11 bits per heavy atom. The molecule has 0 saturated carbocycles. The first-order valence-corrected chi connectivity index (χ1v) is 9.12. The highest BCUT2D eigenvalue weighted by molar-refractivity contribution is 7.13. The molecule has 0 radical (unpaired) electrons. The van der Waals surface area contributed by atoms with Crippen LogP contribution < -0.4 is 5.32 Å². The number of hydrogen-bond donors (Lipinski definition) is 1. The predicted molar refractivity (Wildman–Crippen MR) is 102 cm³/mol. The second-order valence-electron chi connectivity index (χ2n) is 5.58. The van der Waals surface area contributed by atoms with Gasteiger partial charge in [-0.2, -0.15) is 0 Å². The van der Waals surface area contributed by atoms with E-state index in [0.717, 1.165) is 5.69 Å². The Morgan fingerprint density at radius 3 is 2.85 bits per heavy atom. The molecule has 27 heavy (non-hydrogen) atoms. The molecule has 3 rings (SSSR count). The molecule has 0 aliphatic carbocycles. The molecule has 1 amide bonds. The van der Waals surface area contributed by atoms with E-state index in [9.17, 15) is 19.3 Å². The largest absolute Gasteiger partial charge is 0.351 e. The van der Waals surface area contributed by atoms with Crippen LogP contribution in [0.2, 0.25) is 5.02 Å². The van der Waals surface area contributed by atoms with E-state index < -0.39 is 10.8 Å². The molecule has 138 valence electrons. The number of nitro benzene ring substituents is 1. The predicted octanol–water partition coefficient (Wildman–Crippen LogP) is 4.48. The minimum atomic E-state index is -0.628. The molecule has 0 unspecified atom stereocenters. The molecule has 1 aromatic heterocycles. The lowest BCUT2D eigenvalue weighted by Gasteiger charge is -2.05. The fourth-order valence-corrected chi connectivity index (χ4v) is 3.45. The van der Waals surface area contributed by atoms with E-state index in [4.69, 9.17) is 11.6 Å². The molecule has 0 aliphatic heterocycles. The van der Waals surface area contributed by atoms with Crippen molar-refractivity contribution in [2.75, 3.05) is 6.54 Å². The lowest BCUT2D eigenvalue weighted by Crippen LogP contribution is -2.26. The standard InChI is InChI=1S/C18H13ClFN3O3S/c19-12-4-5-16(23(25)26)15(9-12)17(24)21-7-6-14-10-27-18(22-14)11-2-1-3-13(20)8-11/h1-5,8-10H,6-7H2,(H,21,24). The van der Waals surface area contributed by atoms with Gasteiger partial charge in [0.05, 0.1) is 10.6 Å². The van der Waals surface area contributed by atoms with E-state index in [-0.39, 0.29) is 28.6 Å². The van der Waals surface area contributed by atoms with Gasteiger partial charge in [0.15, 0.2) is 0 Å². The summed E-state index contributed by atoms with van der Waals surface area (Å²) in [5.74, 6) is -0.913. The smallest absolute Gasteiger partial charge is 0.282 e. The van der Waals surface area contributed by atoms with Gasteiger partial charge in [-0.3, -0.25) is 14.9 Å². The van der Waals surface area contributed by atoms with Crippen LogP contribution in [0.4, 0.5) is 10.1 Å². The van der Waals surface area contributed by atoms with Crippen molar-refractivity contribution in [3.8, 4) is 10.6 Å². The normalized spacial score (nSPS) is 10.6. The molecule has 0 atom stereocenters. The monoisotopic (exact) mass is 405 g/mol. The van der Waals surface area contributed by atoms with Gasteiger partial charge in [-0.1, -0.05) is 23.7 Å². The van der Waals surface area contributed by atoms with Gasteiger partial charge in [0.2, 0.25) is 0 Å². The van der Waals surface area contributed by atoms with Gasteiger partial charge < -0.3 is 5.32 Å². The number of carbonyl (C=O) groups excluding carboxylic acids is 1. The fourth-order valence-electron chi connectivity index (χ4n) is 2.42. The second-order valence-corrected chi connectivity index (χ2v) is 6.87. The van der Waals surface area contributed by atoms with Gasteiger partial charge >= 0.3 is 0 Å². The van der Waals surface area contributed by atoms with Crippen LogP contribution in [0.1, 0.15) is 16.1 Å². The van der Waals surface area contributed by atoms with Crippen molar-refractivity contribution in [1.29, 1.82) is 0 Å². The quantitative estimate of drug-likeness (QED) is 0.484. The van der Waals surface area contributed by atoms with E-state index >= 15 is 0 Å². The van der Waals surface area contributed by atoms with Crippen LogP contribution >= 0.6 is 22.9 Å². The van der Waals surface area contributed by atoms with Crippen molar-refractivity contribution in [2.24, 2.45) is 0 Å². The van der Waals surface area contributed by atoms with Gasteiger partial charge in [-0.25, -0.2) is 9.37 Å². The molecule has 2 aromatic carbocycles. The number of amides is 1. The van der Waals surface area contributed by atoms with E-state index in [1.165, 1.54) is 41.7 Å². The third kappa shape index (κ3) is 4.66. The van der Waals surface area contributed by atoms with Gasteiger partial charge in [-0.15, -0.1) is 11.3 Å². The minimum Gasteiger partial charge on any atom is -0.351 e. The van der Waals surface area contributed by atoms with Crippen molar-refractivity contribution in [2.45, 2.75) is 6.42 Å². The summed E-state index contributed by atoms with van der Waals surface area (Å²) in [5, 5.41) is 16.4. The first-order valence-electron chi connectivity index (χ1n) is 7.86. The maximum Gasteiger partial charge on any atom is 0.282 e. The first kappa shape index (κ1) is 18.9. The summed E-state index contributed by atoms with van der Waals surface area (Å²) in [4.78, 5) is 27.1. The number of halogens is 2. The highest BCUT2D eigenvalue weighted by Crippen LogP contribution is 2.25. The molecule has 0 saturated heterocycles. The molecule has 1 heterocycles. The van der Waals surface area contributed by atoms with Crippen LogP contribution in [-0.2, 0) is 6.42 Å². The van der Waals surface area contributed by atoms with Crippen LogP contribution in [0.15, 0.2) is 47.8 Å². The molecular formula is C18H13ClFN3O3S. The van der Waals surface area contributed by atoms with Crippen molar-refractivity contribution in [3.05, 3.63) is 80.1 Å². The van der Waals surface area contributed by atoms with Crippen LogP contribution in [0.25, 0.3) is 10.6 Å². The van der Waals surface area contributed by atoms with Gasteiger partial charge in [-0.05, 0) is 24.3 Å². The van der Waals surface area contributed by atoms with Crippen LogP contribution in [0.3, 0.4) is 0 Å². The lowest BCUT2D eigenvalue weighted by atomic mass is 10.1. The molecule has 0 aliphatic rings.